The smallest absolute Gasteiger partial charge is 0.191 e. The van der Waals surface area contributed by atoms with E-state index in [-0.39, 0.29) is 24.0 Å². The Morgan fingerprint density at radius 3 is 2.47 bits per heavy atom. The number of nitrogens with one attached hydrogen (secondary N) is 2. The number of aliphatic imine (C=N–C) groups is 1. The van der Waals surface area contributed by atoms with E-state index >= 15 is 0 Å². The molecular weight excluding hydrogens is 513 g/mol. The molecule has 1 atom stereocenters. The van der Waals surface area contributed by atoms with E-state index in [1.54, 1.807) is 7.11 Å². The van der Waals surface area contributed by atoms with Gasteiger partial charge in [-0.1, -0.05) is 50.2 Å². The summed E-state index contributed by atoms with van der Waals surface area (Å²) in [7, 11) is 3.57. The minimum Gasteiger partial charge on any atom is -0.495 e. The fraction of sp³-hybridized carbons (Fsp3) is 0.480. The zero-order valence-electron chi connectivity index (χ0n) is 19.8. The van der Waals surface area contributed by atoms with Gasteiger partial charge in [0.2, 0.25) is 0 Å². The van der Waals surface area contributed by atoms with Crippen molar-refractivity contribution in [2.24, 2.45) is 4.99 Å². The maximum Gasteiger partial charge on any atom is 0.191 e. The van der Waals surface area contributed by atoms with Crippen LogP contribution in [0, 0.1) is 0 Å². The summed E-state index contributed by atoms with van der Waals surface area (Å²) in [5, 5.41) is 7.12. The Labute approximate surface area is 210 Å². The summed E-state index contributed by atoms with van der Waals surface area (Å²) in [6.07, 6.45) is 1.07. The summed E-state index contributed by atoms with van der Waals surface area (Å²) in [6.45, 7) is 10.2. The number of para-hydroxylation sites is 2. The molecule has 32 heavy (non-hydrogen) atoms. The largest absolute Gasteiger partial charge is 0.495 e. The zero-order valence-corrected chi connectivity index (χ0v) is 22.1. The van der Waals surface area contributed by atoms with E-state index in [1.165, 1.54) is 11.1 Å². The molecule has 2 aromatic carbocycles. The minimum atomic E-state index is 0. The van der Waals surface area contributed by atoms with Crippen LogP contribution in [0.15, 0.2) is 53.5 Å². The molecule has 1 unspecified atom stereocenters. The van der Waals surface area contributed by atoms with Crippen LogP contribution < -0.4 is 20.3 Å². The Morgan fingerprint density at radius 2 is 1.78 bits per heavy atom. The molecule has 176 valence electrons. The van der Waals surface area contributed by atoms with E-state index in [4.69, 9.17) is 4.74 Å². The lowest BCUT2D eigenvalue weighted by Crippen LogP contribution is -2.44. The van der Waals surface area contributed by atoms with Gasteiger partial charge < -0.3 is 20.3 Å². The van der Waals surface area contributed by atoms with Crippen molar-refractivity contribution in [2.45, 2.75) is 39.4 Å². The lowest BCUT2D eigenvalue weighted by molar-refractivity contribution is 0.295. The van der Waals surface area contributed by atoms with Crippen LogP contribution in [0.25, 0.3) is 0 Å². The van der Waals surface area contributed by atoms with Crippen molar-refractivity contribution in [3.05, 3.63) is 59.7 Å². The topological polar surface area (TPSA) is 52.1 Å². The number of halogens is 1. The molecule has 0 spiro atoms. The number of ether oxygens (including phenoxy) is 1. The van der Waals surface area contributed by atoms with Crippen LogP contribution in [0.3, 0.4) is 0 Å². The second kappa shape index (κ2) is 13.5. The van der Waals surface area contributed by atoms with Gasteiger partial charge in [-0.25, -0.2) is 0 Å². The van der Waals surface area contributed by atoms with Crippen LogP contribution in [0.2, 0.25) is 0 Å². The number of methoxy groups -OCH3 is 1. The lowest BCUT2D eigenvalue weighted by Gasteiger charge is -2.23. The van der Waals surface area contributed by atoms with Gasteiger partial charge >= 0.3 is 0 Å². The van der Waals surface area contributed by atoms with Gasteiger partial charge in [-0.3, -0.25) is 9.89 Å². The Kier molecular flexibility index (Phi) is 11.1. The highest BCUT2D eigenvalue weighted by Gasteiger charge is 2.25. The van der Waals surface area contributed by atoms with E-state index in [1.807, 2.05) is 19.2 Å². The van der Waals surface area contributed by atoms with Crippen LogP contribution in [0.5, 0.6) is 5.75 Å². The molecule has 3 rings (SSSR count). The first kappa shape index (κ1) is 26.3. The number of hydrogen-bond acceptors (Lipinski definition) is 4. The van der Waals surface area contributed by atoms with Gasteiger partial charge in [0.15, 0.2) is 5.96 Å². The first-order chi connectivity index (χ1) is 15.2. The van der Waals surface area contributed by atoms with Crippen LogP contribution in [-0.4, -0.2) is 57.2 Å². The summed E-state index contributed by atoms with van der Waals surface area (Å²) in [5.74, 6) is 1.78. The summed E-state index contributed by atoms with van der Waals surface area (Å²) in [4.78, 5) is 9.28. The van der Waals surface area contributed by atoms with Gasteiger partial charge in [0.25, 0.3) is 0 Å². The fourth-order valence-electron chi connectivity index (χ4n) is 4.13. The molecule has 1 fully saturated rings. The summed E-state index contributed by atoms with van der Waals surface area (Å²) < 4.78 is 5.54. The number of nitrogens with zero attached hydrogens (tertiary/aromatic N) is 3. The summed E-state index contributed by atoms with van der Waals surface area (Å²) in [5.41, 5.74) is 3.85. The average molecular weight is 552 g/mol. The molecule has 1 aliphatic rings. The van der Waals surface area contributed by atoms with E-state index < -0.39 is 0 Å². The number of benzene rings is 2. The molecule has 1 aliphatic heterocycles. The normalized spacial score (nSPS) is 16.1. The predicted octanol–water partition coefficient (Wildman–Crippen LogP) is 4.10. The third-order valence-corrected chi connectivity index (χ3v) is 6.03. The molecule has 0 radical (unpaired) electrons. The second-order valence-corrected chi connectivity index (χ2v) is 7.90. The van der Waals surface area contributed by atoms with E-state index in [0.29, 0.717) is 6.04 Å². The van der Waals surface area contributed by atoms with Crippen molar-refractivity contribution in [3.63, 3.8) is 0 Å². The van der Waals surface area contributed by atoms with Crippen molar-refractivity contribution in [1.29, 1.82) is 0 Å². The lowest BCUT2D eigenvalue weighted by atomic mass is 10.1. The maximum atomic E-state index is 5.54. The molecule has 2 N–H and O–H groups in total. The van der Waals surface area contributed by atoms with E-state index in [0.717, 1.165) is 63.1 Å². The van der Waals surface area contributed by atoms with Crippen LogP contribution >= 0.6 is 24.0 Å². The molecule has 0 aromatic heterocycles. The molecule has 0 saturated carbocycles. The van der Waals surface area contributed by atoms with E-state index in [2.05, 4.69) is 75.7 Å². The van der Waals surface area contributed by atoms with Crippen molar-refractivity contribution in [2.75, 3.05) is 45.2 Å². The fourth-order valence-corrected chi connectivity index (χ4v) is 4.13. The second-order valence-electron chi connectivity index (χ2n) is 7.90. The average Bonchev–Trinajstić information content (AvgIpc) is 3.29. The van der Waals surface area contributed by atoms with Crippen molar-refractivity contribution < 1.29 is 4.74 Å². The van der Waals surface area contributed by atoms with Crippen molar-refractivity contribution in [1.82, 2.24) is 15.5 Å². The molecule has 0 aliphatic carbocycles. The third-order valence-electron chi connectivity index (χ3n) is 6.03. The standard InChI is InChI=1S/C25H37N5O.HI/c1-5-29(6-2)18-21-12-8-7-11-20(21)17-27-25(26-3)28-22-15-16-30(19-22)23-13-9-10-14-24(23)31-4;/h7-14,22H,5-6,15-19H2,1-4H3,(H2,26,27,28);1H. The quantitative estimate of drug-likeness (QED) is 0.279. The summed E-state index contributed by atoms with van der Waals surface area (Å²) in [6, 6.07) is 17.2. The minimum absolute atomic E-state index is 0. The number of rotatable bonds is 9. The van der Waals surface area contributed by atoms with E-state index in [9.17, 15) is 0 Å². The first-order valence-electron chi connectivity index (χ1n) is 11.3. The van der Waals surface area contributed by atoms with Crippen molar-refractivity contribution in [3.8, 4) is 5.75 Å². The molecule has 2 aromatic rings. The van der Waals surface area contributed by atoms with Gasteiger partial charge in [-0.2, -0.15) is 0 Å². The Balaban J connectivity index is 0.00000363. The van der Waals surface area contributed by atoms with Gasteiger partial charge in [-0.15, -0.1) is 24.0 Å². The molecule has 0 amide bonds. The number of guanidine groups is 1. The summed E-state index contributed by atoms with van der Waals surface area (Å²) >= 11 is 0. The van der Waals surface area contributed by atoms with Crippen LogP contribution in [0.4, 0.5) is 5.69 Å². The highest BCUT2D eigenvalue weighted by Crippen LogP contribution is 2.30. The third kappa shape index (κ3) is 7.00. The molecule has 1 saturated heterocycles. The zero-order chi connectivity index (χ0) is 22.1. The molecule has 7 heteroatoms. The molecule has 6 nitrogen and oxygen atoms in total. The van der Waals surface area contributed by atoms with Gasteiger partial charge in [0.05, 0.1) is 12.8 Å². The molecule has 1 heterocycles. The molecular formula is C25H38IN5O. The van der Waals surface area contributed by atoms with Crippen LogP contribution in [0.1, 0.15) is 31.4 Å². The monoisotopic (exact) mass is 551 g/mol. The van der Waals surface area contributed by atoms with Crippen LogP contribution in [-0.2, 0) is 13.1 Å². The van der Waals surface area contributed by atoms with Gasteiger partial charge in [-0.05, 0) is 42.8 Å². The molecule has 0 bridgehead atoms. The number of anilines is 1. The first-order valence-corrected chi connectivity index (χ1v) is 11.3. The highest BCUT2D eigenvalue weighted by atomic mass is 127. The SMILES string of the molecule is CCN(CC)Cc1ccccc1CNC(=NC)NC1CCN(c2ccccc2OC)C1.I. The van der Waals surface area contributed by atoms with Gasteiger partial charge in [0, 0.05) is 39.3 Å². The Bertz CT molecular complexity index is 856. The maximum absolute atomic E-state index is 5.54. The highest BCUT2D eigenvalue weighted by molar-refractivity contribution is 14.0. The van der Waals surface area contributed by atoms with Gasteiger partial charge in [0.1, 0.15) is 5.75 Å². The Hall–Kier alpha value is -2.00. The van der Waals surface area contributed by atoms with Crippen molar-refractivity contribution >= 4 is 35.6 Å². The Morgan fingerprint density at radius 1 is 1.09 bits per heavy atom. The number of hydrogen-bond donors (Lipinski definition) is 2. The predicted molar refractivity (Wildman–Crippen MR) is 145 cm³/mol.